The van der Waals surface area contributed by atoms with Gasteiger partial charge in [-0.25, -0.2) is 0 Å². The fourth-order valence-electron chi connectivity index (χ4n) is 4.54. The van der Waals surface area contributed by atoms with E-state index >= 15 is 0 Å². The quantitative estimate of drug-likeness (QED) is 0.674. The van der Waals surface area contributed by atoms with Crippen LogP contribution in [0.25, 0.3) is 11.5 Å². The molecular weight excluding hydrogens is 392 g/mol. The first-order valence-corrected chi connectivity index (χ1v) is 11.1. The Labute approximate surface area is 180 Å². The van der Waals surface area contributed by atoms with E-state index in [0.29, 0.717) is 30.9 Å². The summed E-state index contributed by atoms with van der Waals surface area (Å²) >= 11 is 0. The molecule has 3 aliphatic rings. The molecule has 2 saturated heterocycles. The van der Waals surface area contributed by atoms with Gasteiger partial charge in [0.1, 0.15) is 5.41 Å². The van der Waals surface area contributed by atoms with E-state index in [1.54, 1.807) is 6.20 Å². The highest BCUT2D eigenvalue weighted by molar-refractivity contribution is 5.53. The molecule has 2 N–H and O–H groups in total. The third-order valence-electron chi connectivity index (χ3n) is 6.65. The minimum Gasteiger partial charge on any atom is -0.419 e. The summed E-state index contributed by atoms with van der Waals surface area (Å²) in [5, 5.41) is 8.70. The number of anilines is 1. The predicted octanol–water partition coefficient (Wildman–Crippen LogP) is 2.65. The normalized spacial score (nSPS) is 22.9. The second kappa shape index (κ2) is 7.39. The zero-order chi connectivity index (χ0) is 20.8. The van der Waals surface area contributed by atoms with Crippen molar-refractivity contribution in [3.8, 4) is 11.5 Å². The summed E-state index contributed by atoms with van der Waals surface area (Å²) < 4.78 is 11.7. The molecule has 1 aliphatic carbocycles. The molecule has 0 unspecified atom stereocenters. The van der Waals surface area contributed by atoms with E-state index in [4.69, 9.17) is 19.9 Å². The largest absolute Gasteiger partial charge is 0.419 e. The van der Waals surface area contributed by atoms with Gasteiger partial charge in [-0.15, -0.1) is 10.2 Å². The van der Waals surface area contributed by atoms with Crippen LogP contribution >= 0.6 is 0 Å². The summed E-state index contributed by atoms with van der Waals surface area (Å²) in [6.45, 7) is 2.85. The van der Waals surface area contributed by atoms with Crippen LogP contribution in [-0.4, -0.2) is 52.5 Å². The number of hydrogen-bond acceptors (Lipinski definition) is 8. The summed E-state index contributed by atoms with van der Waals surface area (Å²) in [5.74, 6) is 1.67. The van der Waals surface area contributed by atoms with Gasteiger partial charge in [0, 0.05) is 31.5 Å². The average Bonchev–Trinajstić information content (AvgIpc) is 3.51. The van der Waals surface area contributed by atoms with Gasteiger partial charge in [0.25, 0.3) is 0 Å². The topological polar surface area (TPSA) is 103 Å². The Bertz CT molecular complexity index is 1070. The Morgan fingerprint density at radius 3 is 2.68 bits per heavy atom. The molecule has 0 spiro atoms. The number of nitrogens with two attached hydrogens (primary N) is 1. The van der Waals surface area contributed by atoms with Gasteiger partial charge in [-0.1, -0.05) is 0 Å². The maximum Gasteiger partial charge on any atom is 0.249 e. The van der Waals surface area contributed by atoms with Gasteiger partial charge >= 0.3 is 0 Å². The van der Waals surface area contributed by atoms with Crippen molar-refractivity contribution in [2.75, 3.05) is 31.2 Å². The molecule has 8 heteroatoms. The zero-order valence-corrected chi connectivity index (χ0v) is 17.4. The second-order valence-electron chi connectivity index (χ2n) is 9.02. The van der Waals surface area contributed by atoms with E-state index in [0.717, 1.165) is 42.9 Å². The number of aromatic nitrogens is 4. The molecule has 1 atom stereocenters. The van der Waals surface area contributed by atoms with Crippen LogP contribution in [0.3, 0.4) is 0 Å². The van der Waals surface area contributed by atoms with Gasteiger partial charge in [0.2, 0.25) is 11.8 Å². The van der Waals surface area contributed by atoms with E-state index in [1.165, 1.54) is 18.4 Å². The summed E-state index contributed by atoms with van der Waals surface area (Å²) in [6, 6.07) is 6.50. The van der Waals surface area contributed by atoms with E-state index in [-0.39, 0.29) is 6.04 Å². The molecule has 3 aromatic rings. The highest BCUT2D eigenvalue weighted by Gasteiger charge is 2.48. The van der Waals surface area contributed by atoms with Crippen molar-refractivity contribution in [3.05, 3.63) is 53.9 Å². The first kappa shape index (κ1) is 18.9. The SMILES string of the molecule is N[C@@H]1CCCN(c2ccc(C3(c4nnc(-c5cncc(C6CC6)c5)o4)COC3)nc2)C1. The van der Waals surface area contributed by atoms with Crippen LogP contribution in [0.4, 0.5) is 5.69 Å². The molecule has 0 bridgehead atoms. The van der Waals surface area contributed by atoms with Crippen molar-refractivity contribution in [1.82, 2.24) is 20.2 Å². The number of nitrogens with zero attached hydrogens (tertiary/aromatic N) is 5. The number of rotatable bonds is 5. The summed E-state index contributed by atoms with van der Waals surface area (Å²) in [6.07, 6.45) is 10.3. The highest BCUT2D eigenvalue weighted by atomic mass is 16.5. The lowest BCUT2D eigenvalue weighted by Gasteiger charge is -2.38. The van der Waals surface area contributed by atoms with Crippen LogP contribution in [0.1, 0.15) is 48.7 Å². The van der Waals surface area contributed by atoms with E-state index in [1.807, 2.05) is 12.4 Å². The molecule has 6 rings (SSSR count). The molecular formula is C23H26N6O2. The van der Waals surface area contributed by atoms with Crippen molar-refractivity contribution >= 4 is 5.69 Å². The lowest BCUT2D eigenvalue weighted by molar-refractivity contribution is -0.0520. The second-order valence-corrected chi connectivity index (χ2v) is 9.02. The molecule has 160 valence electrons. The van der Waals surface area contributed by atoms with Crippen LogP contribution in [0.15, 0.2) is 41.2 Å². The molecule has 0 radical (unpaired) electrons. The molecule has 8 nitrogen and oxygen atoms in total. The van der Waals surface area contributed by atoms with Crippen LogP contribution in [0.2, 0.25) is 0 Å². The van der Waals surface area contributed by atoms with Gasteiger partial charge in [0.05, 0.1) is 36.4 Å². The number of hydrogen-bond donors (Lipinski definition) is 1. The predicted molar refractivity (Wildman–Crippen MR) is 115 cm³/mol. The van der Waals surface area contributed by atoms with Crippen LogP contribution in [-0.2, 0) is 10.2 Å². The maximum absolute atomic E-state index is 6.14. The number of piperidine rings is 1. The minimum absolute atomic E-state index is 0.226. The number of pyridine rings is 2. The average molecular weight is 419 g/mol. The minimum atomic E-state index is -0.496. The molecule has 2 aliphatic heterocycles. The van der Waals surface area contributed by atoms with Gasteiger partial charge in [-0.2, -0.15) is 0 Å². The van der Waals surface area contributed by atoms with Crippen molar-refractivity contribution in [2.24, 2.45) is 5.73 Å². The molecule has 3 fully saturated rings. The molecule has 5 heterocycles. The van der Waals surface area contributed by atoms with E-state index < -0.39 is 5.41 Å². The van der Waals surface area contributed by atoms with Crippen molar-refractivity contribution < 1.29 is 9.15 Å². The van der Waals surface area contributed by atoms with Crippen molar-refractivity contribution in [2.45, 2.75) is 43.1 Å². The first-order chi connectivity index (χ1) is 15.2. The van der Waals surface area contributed by atoms with Gasteiger partial charge in [-0.05, 0) is 55.4 Å². The third kappa shape index (κ3) is 3.40. The molecule has 31 heavy (non-hydrogen) atoms. The lowest BCUT2D eigenvalue weighted by atomic mass is 9.82. The maximum atomic E-state index is 6.14. The highest BCUT2D eigenvalue weighted by Crippen LogP contribution is 2.42. The summed E-state index contributed by atoms with van der Waals surface area (Å²) in [7, 11) is 0. The van der Waals surface area contributed by atoms with Gasteiger partial charge in [-0.3, -0.25) is 9.97 Å². The van der Waals surface area contributed by atoms with Crippen LogP contribution in [0.5, 0.6) is 0 Å². The Morgan fingerprint density at radius 2 is 1.97 bits per heavy atom. The Morgan fingerprint density at radius 1 is 1.06 bits per heavy atom. The monoisotopic (exact) mass is 418 g/mol. The van der Waals surface area contributed by atoms with Crippen LogP contribution in [0, 0.1) is 0 Å². The lowest BCUT2D eigenvalue weighted by Crippen LogP contribution is -2.48. The molecule has 0 amide bonds. The van der Waals surface area contributed by atoms with Crippen LogP contribution < -0.4 is 10.6 Å². The Balaban J connectivity index is 1.27. The van der Waals surface area contributed by atoms with E-state index in [9.17, 15) is 0 Å². The summed E-state index contributed by atoms with van der Waals surface area (Å²) in [5.41, 5.74) is 9.74. The van der Waals surface area contributed by atoms with Gasteiger partial charge in [0.15, 0.2) is 0 Å². The smallest absolute Gasteiger partial charge is 0.249 e. The summed E-state index contributed by atoms with van der Waals surface area (Å²) in [4.78, 5) is 11.4. The Hall–Kier alpha value is -2.84. The Kier molecular flexibility index (Phi) is 4.50. The van der Waals surface area contributed by atoms with Gasteiger partial charge < -0.3 is 19.8 Å². The van der Waals surface area contributed by atoms with Crippen molar-refractivity contribution in [1.29, 1.82) is 0 Å². The third-order valence-corrected chi connectivity index (χ3v) is 6.65. The molecule has 1 saturated carbocycles. The fourth-order valence-corrected chi connectivity index (χ4v) is 4.54. The number of ether oxygens (including phenoxy) is 1. The van der Waals surface area contributed by atoms with Crippen molar-refractivity contribution in [3.63, 3.8) is 0 Å². The first-order valence-electron chi connectivity index (χ1n) is 11.1. The molecule has 0 aromatic carbocycles. The standard InChI is InChI=1S/C23H26N6O2/c24-18-2-1-7-29(12-18)19-5-6-20(26-11-19)23(13-30-14-23)22-28-27-21(31-22)17-8-16(9-25-10-17)15-3-4-15/h5-6,8-11,15,18H,1-4,7,12-14,24H2/t18-/m1/s1. The zero-order valence-electron chi connectivity index (χ0n) is 17.4. The molecule has 3 aromatic heterocycles. The fraction of sp³-hybridized carbons (Fsp3) is 0.478. The van der Waals surface area contributed by atoms with E-state index in [2.05, 4.69) is 38.3 Å².